The average Bonchev–Trinajstić information content (AvgIpc) is 4.05. The smallest absolute Gasteiger partial charge is 0.295 e. The van der Waals surface area contributed by atoms with E-state index in [1.807, 2.05) is 25.1 Å². The van der Waals surface area contributed by atoms with Gasteiger partial charge in [-0.25, -0.2) is 4.98 Å². The van der Waals surface area contributed by atoms with Crippen molar-refractivity contribution in [2.75, 3.05) is 29.1 Å². The normalized spacial score (nSPS) is 14.7. The fourth-order valence-corrected chi connectivity index (χ4v) is 8.10. The van der Waals surface area contributed by atoms with Crippen molar-refractivity contribution in [1.82, 2.24) is 33.4 Å². The number of anilines is 3. The predicted molar refractivity (Wildman–Crippen MR) is 244 cm³/mol. The average molecular weight is 866 g/mol. The van der Waals surface area contributed by atoms with E-state index in [2.05, 4.69) is 58.4 Å². The number of benzene rings is 2. The third kappa shape index (κ3) is 9.00. The minimum Gasteiger partial charge on any atom is -0.493 e. The number of nitrogens with one attached hydrogen (secondary N) is 3. The van der Waals surface area contributed by atoms with Gasteiger partial charge in [0, 0.05) is 88.0 Å². The van der Waals surface area contributed by atoms with Crippen LogP contribution in [0.3, 0.4) is 0 Å². The van der Waals surface area contributed by atoms with Crippen LogP contribution in [0.2, 0.25) is 0 Å². The summed E-state index contributed by atoms with van der Waals surface area (Å²) in [7, 11) is 5.10. The van der Waals surface area contributed by atoms with Crippen LogP contribution in [0.1, 0.15) is 93.1 Å². The molecule has 64 heavy (non-hydrogen) atoms. The Morgan fingerprint density at radius 1 is 0.922 bits per heavy atom. The lowest BCUT2D eigenvalue weighted by atomic mass is 10.1. The van der Waals surface area contributed by atoms with Gasteiger partial charge in [0.2, 0.25) is 11.7 Å². The zero-order chi connectivity index (χ0) is 45.6. The van der Waals surface area contributed by atoms with E-state index < -0.39 is 5.91 Å². The summed E-state index contributed by atoms with van der Waals surface area (Å²) in [5.41, 5.74) is 6.11. The molecule has 330 valence electrons. The van der Waals surface area contributed by atoms with E-state index in [-0.39, 0.29) is 66.2 Å². The van der Waals surface area contributed by atoms with Crippen LogP contribution in [0.4, 0.5) is 22.9 Å². The molecule has 0 saturated carbocycles. The van der Waals surface area contributed by atoms with E-state index in [0.717, 1.165) is 22.2 Å². The molecule has 0 bridgehead atoms. The zero-order valence-corrected chi connectivity index (χ0v) is 37.0. The molecule has 3 N–H and O–H groups in total. The zero-order valence-electron chi connectivity index (χ0n) is 37.0. The highest BCUT2D eigenvalue weighted by Crippen LogP contribution is 2.35. The highest BCUT2D eigenvalue weighted by Gasteiger charge is 2.34. The van der Waals surface area contributed by atoms with Gasteiger partial charge in [-0.2, -0.15) is 9.78 Å². The van der Waals surface area contributed by atoms with Crippen LogP contribution in [0.5, 0.6) is 5.75 Å². The summed E-state index contributed by atoms with van der Waals surface area (Å²) in [5.74, 6) is -0.599. The summed E-state index contributed by atoms with van der Waals surface area (Å²) in [6, 6.07) is 12.5. The Labute approximate surface area is 369 Å². The highest BCUT2D eigenvalue weighted by molar-refractivity contribution is 6.05. The predicted octanol–water partition coefficient (Wildman–Crippen LogP) is 6.62. The Balaban J connectivity index is 0.830. The van der Waals surface area contributed by atoms with E-state index in [9.17, 15) is 24.0 Å². The van der Waals surface area contributed by atoms with Gasteiger partial charge in [0.15, 0.2) is 11.6 Å². The summed E-state index contributed by atoms with van der Waals surface area (Å²) in [4.78, 5) is 77.3. The number of ketones is 1. The van der Waals surface area contributed by atoms with Crippen molar-refractivity contribution in [3.8, 4) is 5.75 Å². The van der Waals surface area contributed by atoms with Crippen LogP contribution in [0.25, 0.3) is 10.9 Å². The molecule has 0 spiro atoms. The number of hydrogen-bond acceptors (Lipinski definition) is 10. The fraction of sp³-hybridized carbons (Fsp3) is 0.319. The van der Waals surface area contributed by atoms with Crippen molar-refractivity contribution in [3.63, 3.8) is 0 Å². The standard InChI is InChI=1S/C47H51N11O6/c1-27-14-33-22-48-35-20-40(28(2)15-34(35)45(62)57(33)23-27)64-13-9-10-42(60)51-41-26-56(8)43(52-41)44(61)50-32-19-37(55(7)25-32)39(59)17-29-16-38(54(6)24-29)46(63)58-36-12-11-31(53-47(3,4)5)18-30(36)21-49-58/h11-12,15-16,18-22,24-26,33,53H,1,9-10,13-14,17,23H2,2-8H3,(H,50,61)(H,51,60)/t33-/m0/s1. The number of rotatable bonds is 13. The first kappa shape index (κ1) is 43.1. The number of Topliss-reactive ketones (excluding diaryl/α,β-unsaturated/α-hetero) is 1. The highest BCUT2D eigenvalue weighted by atomic mass is 16.5. The number of aryl methyl sites for hydroxylation is 4. The van der Waals surface area contributed by atoms with Gasteiger partial charge in [-0.15, -0.1) is 0 Å². The molecule has 0 unspecified atom stereocenters. The van der Waals surface area contributed by atoms with Crippen molar-refractivity contribution in [2.45, 2.75) is 65.0 Å². The van der Waals surface area contributed by atoms with Gasteiger partial charge < -0.3 is 39.3 Å². The molecule has 4 aromatic heterocycles. The molecular weight excluding hydrogens is 815 g/mol. The Bertz CT molecular complexity index is 2920. The first-order chi connectivity index (χ1) is 30.4. The van der Waals surface area contributed by atoms with Crippen LogP contribution in [-0.2, 0) is 32.4 Å². The lowest BCUT2D eigenvalue weighted by Gasteiger charge is -2.22. The molecule has 8 rings (SSSR count). The number of carbonyl (C=O) groups excluding carboxylic acids is 5. The van der Waals surface area contributed by atoms with Gasteiger partial charge in [0.05, 0.1) is 47.0 Å². The summed E-state index contributed by atoms with van der Waals surface area (Å²) < 4.78 is 12.2. The third-order valence-corrected chi connectivity index (χ3v) is 11.1. The molecule has 17 nitrogen and oxygen atoms in total. The van der Waals surface area contributed by atoms with Crippen molar-refractivity contribution >= 4 is 69.4 Å². The van der Waals surface area contributed by atoms with Crippen LogP contribution in [-0.4, -0.2) is 93.7 Å². The van der Waals surface area contributed by atoms with Crippen LogP contribution in [0, 0.1) is 6.92 Å². The van der Waals surface area contributed by atoms with Gasteiger partial charge in [-0.3, -0.25) is 29.0 Å². The maximum atomic E-state index is 13.7. The number of hydrogen-bond donors (Lipinski definition) is 3. The number of aliphatic imine (C=N–C) groups is 1. The third-order valence-electron chi connectivity index (χ3n) is 11.1. The lowest BCUT2D eigenvalue weighted by Crippen LogP contribution is -2.35. The second-order valence-corrected chi connectivity index (χ2v) is 17.6. The molecule has 17 heteroatoms. The van der Waals surface area contributed by atoms with Crippen LogP contribution in [0.15, 0.2) is 84.4 Å². The second-order valence-electron chi connectivity index (χ2n) is 17.6. The topological polar surface area (TPSA) is 192 Å². The minimum atomic E-state index is -0.534. The van der Waals surface area contributed by atoms with E-state index in [1.54, 1.807) is 90.4 Å². The molecule has 0 aliphatic carbocycles. The molecule has 1 saturated heterocycles. The number of fused-ring (bicyclic) bond motifs is 3. The Morgan fingerprint density at radius 3 is 2.48 bits per heavy atom. The van der Waals surface area contributed by atoms with Crippen molar-refractivity contribution in [3.05, 3.63) is 113 Å². The maximum absolute atomic E-state index is 13.7. The summed E-state index contributed by atoms with van der Waals surface area (Å²) in [6.07, 6.45) is 9.63. The number of amides is 3. The molecule has 3 amide bonds. The van der Waals surface area contributed by atoms with Crippen LogP contribution >= 0.6 is 0 Å². The summed E-state index contributed by atoms with van der Waals surface area (Å²) >= 11 is 0. The fourth-order valence-electron chi connectivity index (χ4n) is 8.10. The number of nitrogens with zero attached hydrogens (tertiary/aromatic N) is 8. The molecule has 1 fully saturated rings. The molecule has 6 aromatic rings. The monoisotopic (exact) mass is 865 g/mol. The van der Waals surface area contributed by atoms with Crippen molar-refractivity contribution < 1.29 is 28.7 Å². The first-order valence-corrected chi connectivity index (χ1v) is 21.0. The van der Waals surface area contributed by atoms with Gasteiger partial charge in [-0.05, 0) is 88.1 Å². The summed E-state index contributed by atoms with van der Waals surface area (Å²) in [6.45, 7) is 12.9. The van der Waals surface area contributed by atoms with E-state index in [1.165, 1.54) is 9.25 Å². The van der Waals surface area contributed by atoms with Gasteiger partial charge >= 0.3 is 0 Å². The van der Waals surface area contributed by atoms with E-state index in [4.69, 9.17) is 4.74 Å². The number of ether oxygens (including phenoxy) is 1. The van der Waals surface area contributed by atoms with E-state index >= 15 is 0 Å². The molecule has 2 aliphatic rings. The number of imidazole rings is 1. The number of aromatic nitrogens is 6. The molecule has 2 aliphatic heterocycles. The SMILES string of the molecule is C=C1C[C@H]2C=Nc3cc(OCCCC(=O)Nc4cn(C)c(C(=O)Nc5cc(C(=O)Cc6cc(C(=O)n7ncc8cc(NC(C)(C)C)ccc87)n(C)c6)n(C)c5)n4)c(C)cc3C(=O)N2C1. The summed E-state index contributed by atoms with van der Waals surface area (Å²) in [5, 5.41) is 14.2. The van der Waals surface area contributed by atoms with E-state index in [0.29, 0.717) is 64.5 Å². The lowest BCUT2D eigenvalue weighted by molar-refractivity contribution is -0.116. The largest absolute Gasteiger partial charge is 0.493 e. The molecule has 2 aromatic carbocycles. The molecule has 0 radical (unpaired) electrons. The Hall–Kier alpha value is -7.56. The van der Waals surface area contributed by atoms with Gasteiger partial charge in [0.1, 0.15) is 11.4 Å². The van der Waals surface area contributed by atoms with Crippen LogP contribution < -0.4 is 20.7 Å². The second kappa shape index (κ2) is 17.0. The molecule has 1 atom stereocenters. The maximum Gasteiger partial charge on any atom is 0.295 e. The quantitative estimate of drug-likeness (QED) is 0.0651. The molecular formula is C47H51N11O6. The van der Waals surface area contributed by atoms with Gasteiger partial charge in [0.25, 0.3) is 17.7 Å². The first-order valence-electron chi connectivity index (χ1n) is 21.0. The van der Waals surface area contributed by atoms with Gasteiger partial charge in [-0.1, -0.05) is 12.2 Å². The minimum absolute atomic E-state index is 0.0180. The Kier molecular flexibility index (Phi) is 11.4. The molecule has 6 heterocycles. The Morgan fingerprint density at radius 2 is 1.70 bits per heavy atom. The number of carbonyl (C=O) groups is 5. The van der Waals surface area contributed by atoms with Crippen molar-refractivity contribution in [1.29, 1.82) is 0 Å². The van der Waals surface area contributed by atoms with Crippen molar-refractivity contribution in [2.24, 2.45) is 26.1 Å².